The number of hydrogen-bond donors (Lipinski definition) is 0. The molecule has 0 fully saturated rings. The maximum absolute atomic E-state index is 12.9. The zero-order chi connectivity index (χ0) is 13.2. The van der Waals surface area contributed by atoms with Gasteiger partial charge in [0.15, 0.2) is 10.2 Å². The average Bonchev–Trinajstić information content (AvgIpc) is 3.03. The van der Waals surface area contributed by atoms with Crippen LogP contribution in [0.1, 0.15) is 0 Å². The van der Waals surface area contributed by atoms with E-state index in [-0.39, 0.29) is 5.82 Å². The first-order valence-electron chi connectivity index (χ1n) is 5.73. The SMILES string of the molecule is Cn1c(-c2ccc(F)cc2)cnc1Sc1ccco1. The van der Waals surface area contributed by atoms with Gasteiger partial charge >= 0.3 is 0 Å². The molecule has 96 valence electrons. The van der Waals surface area contributed by atoms with E-state index in [0.717, 1.165) is 21.5 Å². The van der Waals surface area contributed by atoms with Gasteiger partial charge in [-0.15, -0.1) is 0 Å². The lowest BCUT2D eigenvalue weighted by Crippen LogP contribution is -1.93. The van der Waals surface area contributed by atoms with Crippen molar-refractivity contribution in [2.75, 3.05) is 0 Å². The predicted octanol–water partition coefficient (Wildman–Crippen LogP) is 3.97. The van der Waals surface area contributed by atoms with E-state index < -0.39 is 0 Å². The molecule has 0 radical (unpaired) electrons. The lowest BCUT2D eigenvalue weighted by Gasteiger charge is -2.04. The molecule has 0 aliphatic rings. The monoisotopic (exact) mass is 274 g/mol. The average molecular weight is 274 g/mol. The normalized spacial score (nSPS) is 10.8. The highest BCUT2D eigenvalue weighted by Gasteiger charge is 2.11. The van der Waals surface area contributed by atoms with Gasteiger partial charge in [-0.1, -0.05) is 0 Å². The third-order valence-corrected chi connectivity index (χ3v) is 3.77. The standard InChI is InChI=1S/C14H11FN2OS/c1-17-12(10-4-6-11(15)7-5-10)9-16-14(17)19-13-3-2-8-18-13/h2-9H,1H3. The summed E-state index contributed by atoms with van der Waals surface area (Å²) in [5.41, 5.74) is 1.87. The van der Waals surface area contributed by atoms with Crippen LogP contribution >= 0.6 is 11.8 Å². The first-order valence-corrected chi connectivity index (χ1v) is 6.55. The summed E-state index contributed by atoms with van der Waals surface area (Å²) in [6, 6.07) is 10.1. The largest absolute Gasteiger partial charge is 0.458 e. The fraction of sp³-hybridized carbons (Fsp3) is 0.0714. The Morgan fingerprint density at radius 1 is 1.21 bits per heavy atom. The Morgan fingerprint density at radius 3 is 2.68 bits per heavy atom. The summed E-state index contributed by atoms with van der Waals surface area (Å²) >= 11 is 1.45. The van der Waals surface area contributed by atoms with Crippen molar-refractivity contribution in [2.24, 2.45) is 7.05 Å². The maximum atomic E-state index is 12.9. The second-order valence-electron chi connectivity index (χ2n) is 4.03. The molecule has 0 aliphatic heterocycles. The van der Waals surface area contributed by atoms with Gasteiger partial charge in [0, 0.05) is 7.05 Å². The van der Waals surface area contributed by atoms with Crippen LogP contribution in [0.2, 0.25) is 0 Å². The summed E-state index contributed by atoms with van der Waals surface area (Å²) < 4.78 is 20.2. The van der Waals surface area contributed by atoms with Crippen molar-refractivity contribution >= 4 is 11.8 Å². The van der Waals surface area contributed by atoms with Crippen molar-refractivity contribution in [3.63, 3.8) is 0 Å². The number of halogens is 1. The molecular formula is C14H11FN2OS. The van der Waals surface area contributed by atoms with Gasteiger partial charge in [0.05, 0.1) is 18.2 Å². The minimum atomic E-state index is -0.240. The molecule has 0 aliphatic carbocycles. The summed E-state index contributed by atoms with van der Waals surface area (Å²) in [6.07, 6.45) is 3.41. The fourth-order valence-electron chi connectivity index (χ4n) is 1.79. The van der Waals surface area contributed by atoms with E-state index in [9.17, 15) is 4.39 Å². The molecule has 0 saturated heterocycles. The smallest absolute Gasteiger partial charge is 0.176 e. The van der Waals surface area contributed by atoms with Crippen LogP contribution < -0.4 is 0 Å². The quantitative estimate of drug-likeness (QED) is 0.724. The first kappa shape index (κ1) is 12.0. The van der Waals surface area contributed by atoms with Crippen LogP contribution in [-0.4, -0.2) is 9.55 Å². The molecule has 1 aromatic carbocycles. The van der Waals surface area contributed by atoms with Crippen LogP contribution in [0, 0.1) is 5.82 Å². The number of aromatic nitrogens is 2. The minimum Gasteiger partial charge on any atom is -0.458 e. The Balaban J connectivity index is 1.92. The van der Waals surface area contributed by atoms with Crippen LogP contribution in [0.4, 0.5) is 4.39 Å². The Morgan fingerprint density at radius 2 is 2.00 bits per heavy atom. The van der Waals surface area contributed by atoms with Crippen LogP contribution in [0.3, 0.4) is 0 Å². The molecule has 0 spiro atoms. The van der Waals surface area contributed by atoms with Gasteiger partial charge in [0.2, 0.25) is 0 Å². The summed E-state index contributed by atoms with van der Waals surface area (Å²) in [6.45, 7) is 0. The van der Waals surface area contributed by atoms with Crippen LogP contribution in [0.25, 0.3) is 11.3 Å². The molecule has 0 N–H and O–H groups in total. The van der Waals surface area contributed by atoms with Crippen molar-refractivity contribution in [3.8, 4) is 11.3 Å². The van der Waals surface area contributed by atoms with Crippen molar-refractivity contribution in [2.45, 2.75) is 10.2 Å². The third kappa shape index (κ3) is 2.42. The molecule has 3 nitrogen and oxygen atoms in total. The summed E-state index contributed by atoms with van der Waals surface area (Å²) in [4.78, 5) is 4.36. The number of furan rings is 1. The molecule has 19 heavy (non-hydrogen) atoms. The number of rotatable bonds is 3. The van der Waals surface area contributed by atoms with Crippen LogP contribution in [-0.2, 0) is 7.05 Å². The molecule has 2 heterocycles. The Hall–Kier alpha value is -2.01. The maximum Gasteiger partial charge on any atom is 0.176 e. The number of benzene rings is 1. The second-order valence-corrected chi connectivity index (χ2v) is 5.00. The van der Waals surface area contributed by atoms with E-state index in [1.165, 1.54) is 23.9 Å². The molecule has 0 bridgehead atoms. The number of hydrogen-bond acceptors (Lipinski definition) is 3. The Bertz CT molecular complexity index is 674. The molecule has 0 saturated carbocycles. The predicted molar refractivity (Wildman–Crippen MR) is 71.4 cm³/mol. The summed E-state index contributed by atoms with van der Waals surface area (Å²) in [5.74, 6) is -0.240. The zero-order valence-corrected chi connectivity index (χ0v) is 11.0. The molecule has 3 rings (SSSR count). The van der Waals surface area contributed by atoms with E-state index in [2.05, 4.69) is 4.98 Å². The van der Waals surface area contributed by atoms with E-state index in [1.54, 1.807) is 24.6 Å². The lowest BCUT2D eigenvalue weighted by atomic mass is 10.2. The van der Waals surface area contributed by atoms with Crippen LogP contribution in [0.15, 0.2) is 63.5 Å². The van der Waals surface area contributed by atoms with Gasteiger partial charge in [0.1, 0.15) is 5.82 Å². The van der Waals surface area contributed by atoms with Crippen molar-refractivity contribution in [1.82, 2.24) is 9.55 Å². The highest BCUT2D eigenvalue weighted by Crippen LogP contribution is 2.30. The van der Waals surface area contributed by atoms with E-state index in [4.69, 9.17) is 4.42 Å². The summed E-state index contributed by atoms with van der Waals surface area (Å²) in [5, 5.41) is 1.62. The van der Waals surface area contributed by atoms with E-state index >= 15 is 0 Å². The topological polar surface area (TPSA) is 31.0 Å². The van der Waals surface area contributed by atoms with E-state index in [1.807, 2.05) is 23.7 Å². The Kier molecular flexibility index (Phi) is 3.13. The van der Waals surface area contributed by atoms with Gasteiger partial charge in [0.25, 0.3) is 0 Å². The van der Waals surface area contributed by atoms with Gasteiger partial charge in [-0.05, 0) is 53.7 Å². The van der Waals surface area contributed by atoms with Crippen LogP contribution in [0.5, 0.6) is 0 Å². The van der Waals surface area contributed by atoms with E-state index in [0.29, 0.717) is 0 Å². The second kappa shape index (κ2) is 4.93. The molecular weight excluding hydrogens is 263 g/mol. The Labute approximate surface area is 114 Å². The number of nitrogens with zero attached hydrogens (tertiary/aromatic N) is 2. The molecule has 2 aromatic heterocycles. The first-order chi connectivity index (χ1) is 9.24. The lowest BCUT2D eigenvalue weighted by molar-refractivity contribution is 0.473. The van der Waals surface area contributed by atoms with Crippen molar-refractivity contribution in [1.29, 1.82) is 0 Å². The van der Waals surface area contributed by atoms with Gasteiger partial charge < -0.3 is 8.98 Å². The van der Waals surface area contributed by atoms with Crippen molar-refractivity contribution in [3.05, 3.63) is 54.7 Å². The zero-order valence-electron chi connectivity index (χ0n) is 10.2. The molecule has 3 aromatic rings. The van der Waals surface area contributed by atoms with Gasteiger partial charge in [-0.2, -0.15) is 0 Å². The molecule has 0 amide bonds. The van der Waals surface area contributed by atoms with Crippen molar-refractivity contribution < 1.29 is 8.81 Å². The van der Waals surface area contributed by atoms with Gasteiger partial charge in [-0.3, -0.25) is 0 Å². The molecule has 0 unspecified atom stereocenters. The minimum absolute atomic E-state index is 0.240. The fourth-order valence-corrected chi connectivity index (χ4v) is 2.56. The highest BCUT2D eigenvalue weighted by atomic mass is 32.2. The summed E-state index contributed by atoms with van der Waals surface area (Å²) in [7, 11) is 1.93. The molecule has 0 atom stereocenters. The highest BCUT2D eigenvalue weighted by molar-refractivity contribution is 7.99. The molecule has 5 heteroatoms. The number of imidazole rings is 1. The van der Waals surface area contributed by atoms with Gasteiger partial charge in [-0.25, -0.2) is 9.37 Å². The third-order valence-electron chi connectivity index (χ3n) is 2.77.